The number of benzene rings is 2. The minimum absolute atomic E-state index is 0.168. The first-order chi connectivity index (χ1) is 16.1. The second kappa shape index (κ2) is 12.9. The van der Waals surface area contributed by atoms with Crippen LogP contribution in [0, 0.1) is 6.92 Å². The minimum Gasteiger partial charge on any atom is -0.322 e. The monoisotopic (exact) mass is 474 g/mol. The van der Waals surface area contributed by atoms with E-state index in [1.165, 1.54) is 0 Å². The molecule has 0 spiro atoms. The summed E-state index contributed by atoms with van der Waals surface area (Å²) in [5.74, 6) is -0.168. The van der Waals surface area contributed by atoms with Gasteiger partial charge < -0.3 is 5.32 Å². The third-order valence-electron chi connectivity index (χ3n) is 5.10. The molecule has 1 N–H and O–H groups in total. The molecule has 2 rings (SSSR count). The van der Waals surface area contributed by atoms with Crippen molar-refractivity contribution in [3.05, 3.63) is 105 Å². The number of halogens is 1. The summed E-state index contributed by atoms with van der Waals surface area (Å²) >= 11 is 6.60. The topological polar surface area (TPSA) is 41.5 Å². The largest absolute Gasteiger partial charge is 0.322 e. The maximum Gasteiger partial charge on any atom is 0.255 e. The van der Waals surface area contributed by atoms with Crippen molar-refractivity contribution in [2.45, 2.75) is 54.9 Å². The molecule has 0 aromatic heterocycles. The van der Waals surface area contributed by atoms with Crippen LogP contribution >= 0.6 is 11.6 Å². The first-order valence-corrected chi connectivity index (χ1v) is 11.9. The van der Waals surface area contributed by atoms with Crippen molar-refractivity contribution in [3.8, 4) is 0 Å². The molecule has 0 radical (unpaired) electrons. The number of carbonyl (C=O) groups excluding carboxylic acids is 1. The quantitative estimate of drug-likeness (QED) is 0.231. The van der Waals surface area contributed by atoms with Crippen LogP contribution in [0.1, 0.15) is 59.1 Å². The zero-order valence-corrected chi connectivity index (χ0v) is 22.0. The molecule has 0 aliphatic carbocycles. The summed E-state index contributed by atoms with van der Waals surface area (Å²) in [7, 11) is 0. The molecular weight excluding hydrogens is 440 g/mol. The molecule has 4 heteroatoms. The predicted molar refractivity (Wildman–Crippen MR) is 148 cm³/mol. The fraction of sp³-hybridized carbons (Fsp3) is 0.267. The molecule has 2 aromatic carbocycles. The number of nitrogens with zero attached hydrogens (tertiary/aromatic N) is 1. The maximum absolute atomic E-state index is 13.1. The van der Waals surface area contributed by atoms with Crippen molar-refractivity contribution in [3.63, 3.8) is 0 Å². The Labute approximate surface area is 209 Å². The van der Waals surface area contributed by atoms with Gasteiger partial charge >= 0.3 is 0 Å². The molecule has 34 heavy (non-hydrogen) atoms. The van der Waals surface area contributed by atoms with Crippen LogP contribution in [0.25, 0.3) is 0 Å². The molecule has 1 amide bonds. The van der Waals surface area contributed by atoms with E-state index >= 15 is 0 Å². The van der Waals surface area contributed by atoms with Gasteiger partial charge in [0.05, 0.1) is 16.4 Å². The average Bonchev–Trinajstić information content (AvgIpc) is 2.78. The second-order valence-corrected chi connectivity index (χ2v) is 9.27. The fourth-order valence-electron chi connectivity index (χ4n) is 3.08. The van der Waals surface area contributed by atoms with Gasteiger partial charge in [-0.1, -0.05) is 65.6 Å². The molecular formula is C30H35ClN2O. The summed E-state index contributed by atoms with van der Waals surface area (Å²) in [6.07, 6.45) is 8.62. The summed E-state index contributed by atoms with van der Waals surface area (Å²) in [5, 5.41) is 3.60. The van der Waals surface area contributed by atoms with Gasteiger partial charge in [0.1, 0.15) is 0 Å². The Morgan fingerprint density at radius 2 is 1.68 bits per heavy atom. The molecule has 0 heterocycles. The van der Waals surface area contributed by atoms with E-state index in [1.807, 2.05) is 102 Å². The van der Waals surface area contributed by atoms with Crippen LogP contribution in [-0.2, 0) is 4.79 Å². The molecule has 0 aliphatic heterocycles. The number of hydrogen-bond donors (Lipinski definition) is 1. The van der Waals surface area contributed by atoms with Crippen LogP contribution < -0.4 is 5.32 Å². The summed E-state index contributed by atoms with van der Waals surface area (Å²) in [4.78, 5) is 18.0. The van der Waals surface area contributed by atoms with E-state index in [0.717, 1.165) is 45.7 Å². The molecule has 178 valence electrons. The first-order valence-electron chi connectivity index (χ1n) is 11.5. The lowest BCUT2D eigenvalue weighted by atomic mass is 10.1. The van der Waals surface area contributed by atoms with Crippen LogP contribution in [0.15, 0.2) is 94.1 Å². The highest BCUT2D eigenvalue weighted by atomic mass is 35.5. The summed E-state index contributed by atoms with van der Waals surface area (Å²) in [6, 6.07) is 13.5. The number of aryl methyl sites for hydroxylation is 1. The van der Waals surface area contributed by atoms with Crippen molar-refractivity contribution in [2.24, 2.45) is 4.99 Å². The number of rotatable bonds is 8. The lowest BCUT2D eigenvalue weighted by Crippen LogP contribution is -2.14. The van der Waals surface area contributed by atoms with Gasteiger partial charge in [-0.3, -0.25) is 4.79 Å². The first kappa shape index (κ1) is 27.1. The molecule has 0 saturated carbocycles. The van der Waals surface area contributed by atoms with Gasteiger partial charge in [0.25, 0.3) is 5.91 Å². The third-order valence-corrected chi connectivity index (χ3v) is 5.43. The highest BCUT2D eigenvalue weighted by Crippen LogP contribution is 2.26. The predicted octanol–water partition coefficient (Wildman–Crippen LogP) is 8.92. The lowest BCUT2D eigenvalue weighted by Gasteiger charge is -2.12. The highest BCUT2D eigenvalue weighted by molar-refractivity contribution is 6.35. The van der Waals surface area contributed by atoms with Crippen molar-refractivity contribution >= 4 is 34.6 Å². The number of aliphatic imine (C=N–C) groups is 1. The molecule has 0 saturated heterocycles. The van der Waals surface area contributed by atoms with Crippen LogP contribution in [0.4, 0.5) is 11.4 Å². The second-order valence-electron chi connectivity index (χ2n) is 8.86. The Balaban J connectivity index is 2.50. The van der Waals surface area contributed by atoms with Crippen molar-refractivity contribution in [1.29, 1.82) is 0 Å². The van der Waals surface area contributed by atoms with Gasteiger partial charge in [0.15, 0.2) is 0 Å². The summed E-state index contributed by atoms with van der Waals surface area (Å²) < 4.78 is 0. The Bertz CT molecular complexity index is 1190. The van der Waals surface area contributed by atoms with E-state index in [1.54, 1.807) is 6.07 Å². The average molecular weight is 475 g/mol. The summed E-state index contributed by atoms with van der Waals surface area (Å²) in [6.45, 7) is 14.2. The highest BCUT2D eigenvalue weighted by Gasteiger charge is 2.12. The number of hydrogen-bond acceptors (Lipinski definition) is 2. The molecule has 0 aliphatic rings. The number of anilines is 1. The Kier molecular flexibility index (Phi) is 10.3. The standard InChI is InChI=1S/C30H35ClN2O/c1-8-22(6)18-24(14-13-20(2)3)30(34)32-25-15-16-27(31)26(19-25)29(17-21(4)5)33-28-12-10-9-11-23(28)7/h9-19H,8H2,1-7H3,(H,32,34)/b22-18?,24-14+,33-29?. The number of amides is 1. The molecule has 3 nitrogen and oxygen atoms in total. The Morgan fingerprint density at radius 1 is 0.971 bits per heavy atom. The van der Waals surface area contributed by atoms with E-state index in [0.29, 0.717) is 16.3 Å². The van der Waals surface area contributed by atoms with E-state index in [2.05, 4.69) is 12.2 Å². The lowest BCUT2D eigenvalue weighted by molar-refractivity contribution is -0.112. The van der Waals surface area contributed by atoms with E-state index in [-0.39, 0.29) is 5.91 Å². The van der Waals surface area contributed by atoms with Gasteiger partial charge in [-0.2, -0.15) is 0 Å². The van der Waals surface area contributed by atoms with Gasteiger partial charge in [0, 0.05) is 16.8 Å². The third kappa shape index (κ3) is 8.31. The zero-order valence-electron chi connectivity index (χ0n) is 21.3. The van der Waals surface area contributed by atoms with E-state index in [4.69, 9.17) is 16.6 Å². The van der Waals surface area contributed by atoms with Crippen molar-refractivity contribution in [1.82, 2.24) is 0 Å². The molecule has 0 fully saturated rings. The Morgan fingerprint density at radius 3 is 2.29 bits per heavy atom. The van der Waals surface area contributed by atoms with Gasteiger partial charge in [-0.25, -0.2) is 4.99 Å². The number of allylic oxidation sites excluding steroid dienone is 6. The maximum atomic E-state index is 13.1. The number of para-hydroxylation sites is 1. The van der Waals surface area contributed by atoms with Crippen LogP contribution in [0.5, 0.6) is 0 Å². The number of carbonyl (C=O) groups is 1. The van der Waals surface area contributed by atoms with Crippen LogP contribution in [0.2, 0.25) is 5.02 Å². The van der Waals surface area contributed by atoms with Crippen LogP contribution in [0.3, 0.4) is 0 Å². The normalized spacial score (nSPS) is 12.3. The van der Waals surface area contributed by atoms with Gasteiger partial charge in [0.2, 0.25) is 0 Å². The van der Waals surface area contributed by atoms with Gasteiger partial charge in [-0.05, 0) is 89.9 Å². The molecule has 2 aromatic rings. The zero-order chi connectivity index (χ0) is 25.3. The fourth-order valence-corrected chi connectivity index (χ4v) is 3.29. The number of nitrogens with one attached hydrogen (secondary N) is 1. The minimum atomic E-state index is -0.168. The van der Waals surface area contributed by atoms with Crippen LogP contribution in [-0.4, -0.2) is 11.6 Å². The van der Waals surface area contributed by atoms with E-state index < -0.39 is 0 Å². The smallest absolute Gasteiger partial charge is 0.255 e. The molecule has 0 bridgehead atoms. The van der Waals surface area contributed by atoms with Crippen molar-refractivity contribution < 1.29 is 4.79 Å². The summed E-state index contributed by atoms with van der Waals surface area (Å²) in [5.41, 5.74) is 8.10. The SMILES string of the molecule is CCC(C)=C/C(=C\C=C(C)C)C(=O)Nc1ccc(Cl)c(C(C=C(C)C)=Nc2ccccc2C)c1. The van der Waals surface area contributed by atoms with Gasteiger partial charge in [-0.15, -0.1) is 0 Å². The molecule has 0 atom stereocenters. The van der Waals surface area contributed by atoms with Crippen molar-refractivity contribution in [2.75, 3.05) is 5.32 Å². The Hall–Kier alpha value is -3.17. The van der Waals surface area contributed by atoms with E-state index in [9.17, 15) is 4.79 Å². The molecule has 0 unspecified atom stereocenters.